The summed E-state index contributed by atoms with van der Waals surface area (Å²) < 4.78 is 34.6. The second-order valence-electron chi connectivity index (χ2n) is 6.56. The van der Waals surface area contributed by atoms with Gasteiger partial charge < -0.3 is 25.4 Å². The average Bonchev–Trinajstić information content (AvgIpc) is 3.00. The number of halogens is 2. The second kappa shape index (κ2) is 7.97. The number of aliphatic carboxylic acids is 1. The molecule has 152 valence electrons. The highest BCUT2D eigenvalue weighted by Gasteiger charge is 2.36. The van der Waals surface area contributed by atoms with Crippen LogP contribution >= 0.6 is 0 Å². The van der Waals surface area contributed by atoms with Gasteiger partial charge in [0.2, 0.25) is 5.91 Å². The number of piperazine rings is 1. The van der Waals surface area contributed by atoms with Gasteiger partial charge in [0.15, 0.2) is 11.6 Å². The molecular formula is C17H20F2N4O5. The van der Waals surface area contributed by atoms with E-state index in [1.54, 1.807) is 0 Å². The van der Waals surface area contributed by atoms with Crippen LogP contribution in [0.15, 0.2) is 12.1 Å². The van der Waals surface area contributed by atoms with Crippen molar-refractivity contribution in [2.45, 2.75) is 19.1 Å². The number of rotatable bonds is 5. The molecule has 2 unspecified atom stereocenters. The zero-order valence-corrected chi connectivity index (χ0v) is 15.1. The lowest BCUT2D eigenvalue weighted by molar-refractivity contribution is -0.138. The van der Waals surface area contributed by atoms with Gasteiger partial charge in [-0.2, -0.15) is 0 Å². The van der Waals surface area contributed by atoms with Gasteiger partial charge in [-0.15, -0.1) is 0 Å². The Balaban J connectivity index is 1.83. The van der Waals surface area contributed by atoms with Crippen molar-refractivity contribution in [3.05, 3.63) is 23.8 Å². The van der Waals surface area contributed by atoms with Crippen LogP contribution in [0.1, 0.15) is 6.92 Å². The standard InChI is InChI=1S/C17H20F2N4O5/c1-9(24)21-6-11-8-23(17(27)28-11)10-4-12(18)15(13(19)5-10)22-3-2-20-7-14(22)16(25)26/h4-5,11,14,20H,2-3,6-8H2,1H3,(H,21,24)(H,25,26). The normalized spacial score (nSPS) is 22.2. The molecule has 0 bridgehead atoms. The summed E-state index contributed by atoms with van der Waals surface area (Å²) >= 11 is 0. The van der Waals surface area contributed by atoms with Gasteiger partial charge in [0, 0.05) is 38.7 Å². The Bertz CT molecular complexity index is 783. The van der Waals surface area contributed by atoms with Gasteiger partial charge in [0.1, 0.15) is 17.8 Å². The molecular weight excluding hydrogens is 378 g/mol. The highest BCUT2D eigenvalue weighted by Crippen LogP contribution is 2.32. The second-order valence-corrected chi connectivity index (χ2v) is 6.56. The molecule has 9 nitrogen and oxygen atoms in total. The third-order valence-electron chi connectivity index (χ3n) is 4.58. The van der Waals surface area contributed by atoms with Crippen molar-refractivity contribution >= 4 is 29.3 Å². The Labute approximate surface area is 159 Å². The van der Waals surface area contributed by atoms with E-state index in [4.69, 9.17) is 4.74 Å². The smallest absolute Gasteiger partial charge is 0.414 e. The predicted octanol–water partition coefficient (Wildman–Crippen LogP) is 0.289. The van der Waals surface area contributed by atoms with Crippen LogP contribution < -0.4 is 20.4 Å². The maximum absolute atomic E-state index is 14.7. The third-order valence-corrected chi connectivity index (χ3v) is 4.58. The summed E-state index contributed by atoms with van der Waals surface area (Å²) in [7, 11) is 0. The molecule has 1 aromatic rings. The summed E-state index contributed by atoms with van der Waals surface area (Å²) in [5.41, 5.74) is -0.490. The number of carbonyl (C=O) groups excluding carboxylic acids is 2. The fourth-order valence-electron chi connectivity index (χ4n) is 3.27. The van der Waals surface area contributed by atoms with E-state index in [1.165, 1.54) is 6.92 Å². The van der Waals surface area contributed by atoms with Crippen molar-refractivity contribution in [2.24, 2.45) is 0 Å². The summed E-state index contributed by atoms with van der Waals surface area (Å²) in [6.45, 7) is 1.98. The van der Waals surface area contributed by atoms with Gasteiger partial charge in [-0.3, -0.25) is 9.69 Å². The van der Waals surface area contributed by atoms with E-state index in [0.29, 0.717) is 6.54 Å². The maximum atomic E-state index is 14.7. The van der Waals surface area contributed by atoms with Crippen LogP contribution in [0.4, 0.5) is 25.0 Å². The van der Waals surface area contributed by atoms with Gasteiger partial charge in [-0.25, -0.2) is 18.4 Å². The zero-order valence-electron chi connectivity index (χ0n) is 15.1. The summed E-state index contributed by atoms with van der Waals surface area (Å²) in [4.78, 5) is 36.6. The SMILES string of the molecule is CC(=O)NCC1CN(c2cc(F)c(N3CCNCC3C(=O)O)c(F)c2)C(=O)O1. The molecule has 2 heterocycles. The van der Waals surface area contributed by atoms with E-state index in [-0.39, 0.29) is 37.8 Å². The summed E-state index contributed by atoms with van der Waals surface area (Å²) in [6.07, 6.45) is -1.43. The van der Waals surface area contributed by atoms with Gasteiger partial charge in [-0.1, -0.05) is 0 Å². The van der Waals surface area contributed by atoms with E-state index in [9.17, 15) is 28.3 Å². The van der Waals surface area contributed by atoms with Crippen LogP contribution in [0.5, 0.6) is 0 Å². The number of nitrogens with one attached hydrogen (secondary N) is 2. The van der Waals surface area contributed by atoms with E-state index >= 15 is 0 Å². The monoisotopic (exact) mass is 398 g/mol. The van der Waals surface area contributed by atoms with Gasteiger partial charge in [0.05, 0.1) is 18.8 Å². The number of hydrogen-bond donors (Lipinski definition) is 3. The lowest BCUT2D eigenvalue weighted by atomic mass is 10.1. The van der Waals surface area contributed by atoms with Gasteiger partial charge in [-0.05, 0) is 0 Å². The van der Waals surface area contributed by atoms with Crippen LogP contribution in [0, 0.1) is 11.6 Å². The van der Waals surface area contributed by atoms with Crippen molar-refractivity contribution in [3.63, 3.8) is 0 Å². The number of cyclic esters (lactones) is 1. The number of nitrogens with zero attached hydrogens (tertiary/aromatic N) is 2. The molecule has 3 rings (SSSR count). The molecule has 3 N–H and O–H groups in total. The minimum atomic E-state index is -1.20. The van der Waals surface area contributed by atoms with Gasteiger partial charge >= 0.3 is 12.1 Å². The number of anilines is 2. The lowest BCUT2D eigenvalue weighted by Crippen LogP contribution is -2.55. The summed E-state index contributed by atoms with van der Waals surface area (Å²) in [5.74, 6) is -3.43. The number of benzene rings is 1. The molecule has 0 radical (unpaired) electrons. The number of carbonyl (C=O) groups is 3. The minimum Gasteiger partial charge on any atom is -0.480 e. The summed E-state index contributed by atoms with van der Waals surface area (Å²) in [6, 6.07) is 0.838. The Morgan fingerprint density at radius 1 is 1.36 bits per heavy atom. The molecule has 2 aliphatic heterocycles. The molecule has 28 heavy (non-hydrogen) atoms. The molecule has 2 atom stereocenters. The van der Waals surface area contributed by atoms with Crippen LogP contribution in [0.25, 0.3) is 0 Å². The summed E-state index contributed by atoms with van der Waals surface area (Å²) in [5, 5.41) is 14.7. The van der Waals surface area contributed by atoms with E-state index in [0.717, 1.165) is 21.9 Å². The van der Waals surface area contributed by atoms with Crippen LogP contribution in [0.3, 0.4) is 0 Å². The van der Waals surface area contributed by atoms with Crippen molar-refractivity contribution in [1.29, 1.82) is 0 Å². The quantitative estimate of drug-likeness (QED) is 0.654. The Hall–Kier alpha value is -2.95. The maximum Gasteiger partial charge on any atom is 0.414 e. The van der Waals surface area contributed by atoms with Crippen LogP contribution in [-0.4, -0.2) is 67.9 Å². The molecule has 0 spiro atoms. The molecule has 2 aliphatic rings. The molecule has 0 aromatic heterocycles. The van der Waals surface area contributed by atoms with Crippen molar-refractivity contribution in [2.75, 3.05) is 42.5 Å². The Kier molecular flexibility index (Phi) is 5.63. The topological polar surface area (TPSA) is 111 Å². The van der Waals surface area contributed by atoms with Crippen molar-refractivity contribution in [1.82, 2.24) is 10.6 Å². The van der Waals surface area contributed by atoms with Crippen molar-refractivity contribution in [3.8, 4) is 0 Å². The lowest BCUT2D eigenvalue weighted by Gasteiger charge is -2.35. The molecule has 2 saturated heterocycles. The first-order chi connectivity index (χ1) is 13.3. The highest BCUT2D eigenvalue weighted by atomic mass is 19.1. The number of carboxylic acids is 1. The number of hydrogen-bond acceptors (Lipinski definition) is 6. The van der Waals surface area contributed by atoms with E-state index < -0.39 is 41.5 Å². The Morgan fingerprint density at radius 2 is 2.04 bits per heavy atom. The zero-order chi connectivity index (χ0) is 20.4. The van der Waals surface area contributed by atoms with Crippen LogP contribution in [-0.2, 0) is 14.3 Å². The first kappa shape index (κ1) is 19.8. The van der Waals surface area contributed by atoms with Gasteiger partial charge in [0.25, 0.3) is 0 Å². The number of amides is 2. The fourth-order valence-corrected chi connectivity index (χ4v) is 3.27. The molecule has 0 aliphatic carbocycles. The highest BCUT2D eigenvalue weighted by molar-refractivity contribution is 5.90. The molecule has 11 heteroatoms. The number of ether oxygens (including phenoxy) is 1. The fraction of sp³-hybridized carbons (Fsp3) is 0.471. The molecule has 1 aromatic carbocycles. The number of carboxylic acid groups (broad SMARTS) is 1. The third kappa shape index (κ3) is 3.98. The average molecular weight is 398 g/mol. The molecule has 2 amide bonds. The Morgan fingerprint density at radius 3 is 2.64 bits per heavy atom. The van der Waals surface area contributed by atoms with Crippen molar-refractivity contribution < 1.29 is 33.0 Å². The minimum absolute atomic E-state index is 0.0166. The molecule has 0 saturated carbocycles. The first-order valence-electron chi connectivity index (χ1n) is 8.69. The molecule has 2 fully saturated rings. The largest absolute Gasteiger partial charge is 0.480 e. The van der Waals surface area contributed by atoms with E-state index in [1.807, 2.05) is 0 Å². The van der Waals surface area contributed by atoms with Crippen LogP contribution in [0.2, 0.25) is 0 Å². The predicted molar refractivity (Wildman–Crippen MR) is 94.3 cm³/mol. The van der Waals surface area contributed by atoms with E-state index in [2.05, 4.69) is 10.6 Å². The first-order valence-corrected chi connectivity index (χ1v) is 8.69.